The number of nitrogens with zero attached hydrogens (tertiary/aromatic N) is 4. The molecule has 0 bridgehead atoms. The van der Waals surface area contributed by atoms with Crippen molar-refractivity contribution in [3.05, 3.63) is 53.1 Å². The van der Waals surface area contributed by atoms with Crippen LogP contribution in [0, 0.1) is 6.92 Å². The number of nitrogens with one attached hydrogen (secondary N) is 2. The number of hydrogen-bond acceptors (Lipinski definition) is 5. The summed E-state index contributed by atoms with van der Waals surface area (Å²) < 4.78 is 0. The fourth-order valence-electron chi connectivity index (χ4n) is 4.41. The van der Waals surface area contributed by atoms with E-state index in [4.69, 9.17) is 0 Å². The number of benzene rings is 2. The van der Waals surface area contributed by atoms with Gasteiger partial charge in [-0.2, -0.15) is 5.21 Å². The Morgan fingerprint density at radius 1 is 1.07 bits per heavy atom. The quantitative estimate of drug-likeness (QED) is 0.735. The Labute approximate surface area is 163 Å². The molecule has 1 saturated heterocycles. The highest BCUT2D eigenvalue weighted by Crippen LogP contribution is 2.42. The molecule has 5 rings (SSSR count). The SMILES string of the molecule is Cc1c(N2CCCC2)ccc2c1NC(=O)CC2c1ccc(-c2nn[nH]n2)cc1. The number of fused-ring (bicyclic) bond motifs is 1. The minimum Gasteiger partial charge on any atom is -0.371 e. The molecule has 2 aliphatic heterocycles. The molecule has 1 unspecified atom stereocenters. The molecule has 3 heterocycles. The van der Waals surface area contributed by atoms with Crippen molar-refractivity contribution in [1.29, 1.82) is 0 Å². The fourth-order valence-corrected chi connectivity index (χ4v) is 4.41. The first kappa shape index (κ1) is 16.9. The number of carbonyl (C=O) groups excluding carboxylic acids is 1. The number of aromatic nitrogens is 4. The van der Waals surface area contributed by atoms with Crippen molar-refractivity contribution in [1.82, 2.24) is 20.6 Å². The number of hydrogen-bond donors (Lipinski definition) is 2. The molecule has 28 heavy (non-hydrogen) atoms. The van der Waals surface area contributed by atoms with Crippen LogP contribution in [-0.4, -0.2) is 39.6 Å². The third-order valence-corrected chi connectivity index (χ3v) is 5.86. The predicted molar refractivity (Wildman–Crippen MR) is 107 cm³/mol. The van der Waals surface area contributed by atoms with Crippen LogP contribution in [0.5, 0.6) is 0 Å². The Morgan fingerprint density at radius 2 is 1.86 bits per heavy atom. The van der Waals surface area contributed by atoms with Gasteiger partial charge in [-0.3, -0.25) is 4.79 Å². The zero-order valence-electron chi connectivity index (χ0n) is 15.8. The number of H-pyrrole nitrogens is 1. The number of carbonyl (C=O) groups is 1. The Kier molecular flexibility index (Phi) is 4.07. The largest absolute Gasteiger partial charge is 0.371 e. The molecule has 7 heteroatoms. The van der Waals surface area contributed by atoms with Crippen molar-refractivity contribution in [2.75, 3.05) is 23.3 Å². The van der Waals surface area contributed by atoms with Crippen molar-refractivity contribution in [3.63, 3.8) is 0 Å². The smallest absolute Gasteiger partial charge is 0.225 e. The van der Waals surface area contributed by atoms with Crippen LogP contribution in [0.1, 0.15) is 41.9 Å². The first-order chi connectivity index (χ1) is 13.7. The van der Waals surface area contributed by atoms with Gasteiger partial charge in [-0.15, -0.1) is 10.2 Å². The lowest BCUT2D eigenvalue weighted by molar-refractivity contribution is -0.116. The van der Waals surface area contributed by atoms with Crippen LogP contribution < -0.4 is 10.2 Å². The Morgan fingerprint density at radius 3 is 2.57 bits per heavy atom. The van der Waals surface area contributed by atoms with E-state index in [0.717, 1.165) is 29.9 Å². The molecule has 2 N–H and O–H groups in total. The summed E-state index contributed by atoms with van der Waals surface area (Å²) in [6, 6.07) is 12.5. The molecule has 3 aromatic rings. The summed E-state index contributed by atoms with van der Waals surface area (Å²) in [6.07, 6.45) is 2.92. The fraction of sp³-hybridized carbons (Fsp3) is 0.333. The summed E-state index contributed by atoms with van der Waals surface area (Å²) in [4.78, 5) is 14.9. The third kappa shape index (κ3) is 2.83. The van der Waals surface area contributed by atoms with E-state index in [-0.39, 0.29) is 11.8 Å². The maximum absolute atomic E-state index is 12.5. The maximum Gasteiger partial charge on any atom is 0.225 e. The third-order valence-electron chi connectivity index (χ3n) is 5.86. The molecule has 0 radical (unpaired) electrons. The number of aromatic amines is 1. The van der Waals surface area contributed by atoms with E-state index in [1.54, 1.807) is 0 Å². The Hall–Kier alpha value is -3.22. The summed E-state index contributed by atoms with van der Waals surface area (Å²) in [5.74, 6) is 0.690. The number of rotatable bonds is 3. The molecule has 0 aliphatic carbocycles. The van der Waals surface area contributed by atoms with Crippen molar-refractivity contribution < 1.29 is 4.79 Å². The summed E-state index contributed by atoms with van der Waals surface area (Å²) in [7, 11) is 0. The van der Waals surface area contributed by atoms with Gasteiger partial charge in [-0.05, 0) is 47.7 Å². The highest BCUT2D eigenvalue weighted by molar-refractivity contribution is 5.97. The van der Waals surface area contributed by atoms with Gasteiger partial charge in [0.25, 0.3) is 0 Å². The summed E-state index contributed by atoms with van der Waals surface area (Å²) in [6.45, 7) is 4.30. The van der Waals surface area contributed by atoms with Gasteiger partial charge in [-0.1, -0.05) is 30.3 Å². The zero-order chi connectivity index (χ0) is 19.1. The van der Waals surface area contributed by atoms with Crippen molar-refractivity contribution in [2.24, 2.45) is 0 Å². The summed E-state index contributed by atoms with van der Waals surface area (Å²) in [5.41, 5.74) is 6.60. The Bertz CT molecular complexity index is 1010. The summed E-state index contributed by atoms with van der Waals surface area (Å²) in [5, 5.41) is 17.2. The van der Waals surface area contributed by atoms with Gasteiger partial charge in [0.15, 0.2) is 0 Å². The molecule has 142 valence electrons. The highest BCUT2D eigenvalue weighted by Gasteiger charge is 2.29. The van der Waals surface area contributed by atoms with Gasteiger partial charge in [0.05, 0.1) is 0 Å². The Balaban J connectivity index is 1.52. The van der Waals surface area contributed by atoms with Crippen LogP contribution in [-0.2, 0) is 4.79 Å². The molecule has 1 amide bonds. The molecular weight excluding hydrogens is 352 g/mol. The van der Waals surface area contributed by atoms with Crippen LogP contribution in [0.4, 0.5) is 11.4 Å². The molecule has 2 aromatic carbocycles. The molecular formula is C21H22N6O. The molecule has 1 fully saturated rings. The average Bonchev–Trinajstić information content (AvgIpc) is 3.43. The van der Waals surface area contributed by atoms with Crippen molar-refractivity contribution in [3.8, 4) is 11.4 Å². The molecule has 1 atom stereocenters. The zero-order valence-corrected chi connectivity index (χ0v) is 15.8. The second-order valence-electron chi connectivity index (χ2n) is 7.53. The lowest BCUT2D eigenvalue weighted by atomic mass is 9.83. The standard InChI is InChI=1S/C21H22N6O/c1-13-18(27-10-2-3-11-27)9-8-16-17(12-19(28)22-20(13)16)14-4-6-15(7-5-14)21-23-25-26-24-21/h4-9,17H,2-3,10-12H2,1H3,(H,22,28)(H,23,24,25,26). The molecule has 1 aromatic heterocycles. The van der Waals surface area contributed by atoms with Crippen LogP contribution in [0.3, 0.4) is 0 Å². The lowest BCUT2D eigenvalue weighted by Gasteiger charge is -2.30. The minimum atomic E-state index is 0.0504. The van der Waals surface area contributed by atoms with Crippen LogP contribution in [0.2, 0.25) is 0 Å². The maximum atomic E-state index is 12.5. The monoisotopic (exact) mass is 374 g/mol. The predicted octanol–water partition coefficient (Wildman–Crippen LogP) is 3.25. The van der Waals surface area contributed by atoms with Crippen LogP contribution in [0.25, 0.3) is 11.4 Å². The van der Waals surface area contributed by atoms with E-state index in [9.17, 15) is 4.79 Å². The van der Waals surface area contributed by atoms with Crippen LogP contribution in [0.15, 0.2) is 36.4 Å². The van der Waals surface area contributed by atoms with Crippen LogP contribution >= 0.6 is 0 Å². The number of tetrazole rings is 1. The van der Waals surface area contributed by atoms with E-state index >= 15 is 0 Å². The molecule has 7 nitrogen and oxygen atoms in total. The van der Waals surface area contributed by atoms with Crippen molar-refractivity contribution >= 4 is 17.3 Å². The first-order valence-electron chi connectivity index (χ1n) is 9.73. The van der Waals surface area contributed by atoms with Gasteiger partial charge in [0.1, 0.15) is 0 Å². The van der Waals surface area contributed by atoms with E-state index < -0.39 is 0 Å². The molecule has 2 aliphatic rings. The van der Waals surface area contributed by atoms with Gasteiger partial charge in [0.2, 0.25) is 11.7 Å². The highest BCUT2D eigenvalue weighted by atomic mass is 16.1. The van der Waals surface area contributed by atoms with E-state index in [0.29, 0.717) is 12.2 Å². The van der Waals surface area contributed by atoms with E-state index in [1.165, 1.54) is 29.7 Å². The summed E-state index contributed by atoms with van der Waals surface area (Å²) >= 11 is 0. The van der Waals surface area contributed by atoms with Gasteiger partial charge in [-0.25, -0.2) is 0 Å². The topological polar surface area (TPSA) is 86.8 Å². The second-order valence-corrected chi connectivity index (χ2v) is 7.53. The first-order valence-corrected chi connectivity index (χ1v) is 9.73. The molecule has 0 spiro atoms. The van der Waals surface area contributed by atoms with E-state index in [1.807, 2.05) is 12.1 Å². The number of anilines is 2. The second kappa shape index (κ2) is 6.74. The number of amides is 1. The normalized spacial score (nSPS) is 18.8. The molecule has 0 saturated carbocycles. The van der Waals surface area contributed by atoms with Crippen molar-refractivity contribution in [2.45, 2.75) is 32.1 Å². The van der Waals surface area contributed by atoms with Gasteiger partial charge >= 0.3 is 0 Å². The van der Waals surface area contributed by atoms with Gasteiger partial charge < -0.3 is 10.2 Å². The average molecular weight is 374 g/mol. The van der Waals surface area contributed by atoms with E-state index in [2.05, 4.69) is 62.0 Å². The van der Waals surface area contributed by atoms with Gasteiger partial charge in [0, 0.05) is 42.4 Å². The minimum absolute atomic E-state index is 0.0504. The lowest BCUT2D eigenvalue weighted by Crippen LogP contribution is -2.26.